The molecule has 8 nitrogen and oxygen atoms in total. The number of amides is 3. The standard InChI is InChI=1S/C23H24N2O6S/c1-14-5-7-15(8-6-14)11-19-22(27)25(23(28)32-19)10-9-24-21(26)16-12-17(29-2)20(31-4)18(13-16)30-3/h5-8,11-13H,9-10H2,1-4H3,(H,24,26). The number of aryl methyl sites for hydroxylation is 1. The van der Waals surface area contributed by atoms with Gasteiger partial charge in [0, 0.05) is 18.7 Å². The van der Waals surface area contributed by atoms with Crippen molar-refractivity contribution in [3.05, 3.63) is 58.0 Å². The highest BCUT2D eigenvalue weighted by molar-refractivity contribution is 8.18. The number of methoxy groups -OCH3 is 3. The molecule has 1 aliphatic heterocycles. The van der Waals surface area contributed by atoms with Crippen LogP contribution < -0.4 is 19.5 Å². The van der Waals surface area contributed by atoms with E-state index in [1.165, 1.54) is 33.5 Å². The maximum absolute atomic E-state index is 12.6. The first kappa shape index (κ1) is 23.2. The van der Waals surface area contributed by atoms with Gasteiger partial charge in [-0.05, 0) is 42.5 Å². The highest BCUT2D eigenvalue weighted by atomic mass is 32.2. The van der Waals surface area contributed by atoms with Gasteiger partial charge in [0.25, 0.3) is 17.1 Å². The average Bonchev–Trinajstić information content (AvgIpc) is 3.06. The van der Waals surface area contributed by atoms with Crippen molar-refractivity contribution in [2.45, 2.75) is 6.92 Å². The van der Waals surface area contributed by atoms with Gasteiger partial charge >= 0.3 is 0 Å². The van der Waals surface area contributed by atoms with Crippen LogP contribution in [-0.2, 0) is 4.79 Å². The monoisotopic (exact) mass is 456 g/mol. The Bertz CT molecular complexity index is 1040. The van der Waals surface area contributed by atoms with Gasteiger partial charge in [-0.3, -0.25) is 19.3 Å². The van der Waals surface area contributed by atoms with Crippen LogP contribution >= 0.6 is 11.8 Å². The lowest BCUT2D eigenvalue weighted by atomic mass is 10.1. The Labute approximate surface area is 190 Å². The number of thioether (sulfide) groups is 1. The van der Waals surface area contributed by atoms with Crippen LogP contribution in [-0.4, -0.2) is 56.4 Å². The first-order valence-electron chi connectivity index (χ1n) is 9.78. The van der Waals surface area contributed by atoms with Gasteiger partial charge in [-0.1, -0.05) is 29.8 Å². The molecule has 1 saturated heterocycles. The molecule has 0 radical (unpaired) electrons. The molecule has 9 heteroatoms. The molecular weight excluding hydrogens is 432 g/mol. The zero-order valence-corrected chi connectivity index (χ0v) is 19.1. The first-order valence-corrected chi connectivity index (χ1v) is 10.6. The molecule has 168 valence electrons. The zero-order valence-electron chi connectivity index (χ0n) is 18.3. The van der Waals surface area contributed by atoms with Crippen molar-refractivity contribution in [3.63, 3.8) is 0 Å². The van der Waals surface area contributed by atoms with E-state index in [-0.39, 0.29) is 24.2 Å². The van der Waals surface area contributed by atoms with E-state index in [1.54, 1.807) is 6.08 Å². The minimum atomic E-state index is -0.397. The molecule has 0 aliphatic carbocycles. The van der Waals surface area contributed by atoms with Crippen LogP contribution in [0.5, 0.6) is 17.2 Å². The number of carbonyl (C=O) groups is 3. The largest absolute Gasteiger partial charge is 0.493 e. The summed E-state index contributed by atoms with van der Waals surface area (Å²) in [6.45, 7) is 2.14. The molecular formula is C23H24N2O6S. The fraction of sp³-hybridized carbons (Fsp3) is 0.261. The first-order chi connectivity index (χ1) is 15.4. The maximum atomic E-state index is 12.6. The molecule has 0 spiro atoms. The van der Waals surface area contributed by atoms with Crippen molar-refractivity contribution < 1.29 is 28.6 Å². The highest BCUT2D eigenvalue weighted by Gasteiger charge is 2.34. The maximum Gasteiger partial charge on any atom is 0.293 e. The zero-order chi connectivity index (χ0) is 23.3. The van der Waals surface area contributed by atoms with Crippen LogP contribution in [0.2, 0.25) is 0 Å². The number of benzene rings is 2. The topological polar surface area (TPSA) is 94.2 Å². The summed E-state index contributed by atoms with van der Waals surface area (Å²) < 4.78 is 15.8. The number of ether oxygens (including phenoxy) is 3. The van der Waals surface area contributed by atoms with E-state index >= 15 is 0 Å². The summed E-state index contributed by atoms with van der Waals surface area (Å²) in [7, 11) is 4.40. The van der Waals surface area contributed by atoms with Crippen molar-refractivity contribution in [3.8, 4) is 17.2 Å². The van der Waals surface area contributed by atoms with Gasteiger partial charge in [0.2, 0.25) is 5.75 Å². The minimum Gasteiger partial charge on any atom is -0.493 e. The molecule has 0 bridgehead atoms. The summed E-state index contributed by atoms with van der Waals surface area (Å²) in [5.74, 6) is 0.312. The third-order valence-corrected chi connectivity index (χ3v) is 5.70. The molecule has 0 saturated carbocycles. The summed E-state index contributed by atoms with van der Waals surface area (Å²) in [5, 5.41) is 2.35. The number of imide groups is 1. The van der Waals surface area contributed by atoms with E-state index < -0.39 is 5.91 Å². The van der Waals surface area contributed by atoms with Gasteiger partial charge in [0.15, 0.2) is 11.5 Å². The molecule has 0 unspecified atom stereocenters. The number of nitrogens with one attached hydrogen (secondary N) is 1. The Balaban J connectivity index is 1.64. The molecule has 3 amide bonds. The van der Waals surface area contributed by atoms with Gasteiger partial charge in [-0.15, -0.1) is 0 Å². The fourth-order valence-electron chi connectivity index (χ4n) is 3.10. The molecule has 1 N–H and O–H groups in total. The quantitative estimate of drug-likeness (QED) is 0.608. The molecule has 0 aromatic heterocycles. The van der Waals surface area contributed by atoms with Crippen molar-refractivity contribution in [1.29, 1.82) is 0 Å². The van der Waals surface area contributed by atoms with E-state index in [0.29, 0.717) is 27.7 Å². The van der Waals surface area contributed by atoms with Crippen molar-refractivity contribution in [2.24, 2.45) is 0 Å². The lowest BCUT2D eigenvalue weighted by Gasteiger charge is -2.15. The Morgan fingerprint density at radius 2 is 1.66 bits per heavy atom. The predicted molar refractivity (Wildman–Crippen MR) is 122 cm³/mol. The van der Waals surface area contributed by atoms with Crippen LogP contribution in [0.3, 0.4) is 0 Å². The highest BCUT2D eigenvalue weighted by Crippen LogP contribution is 2.38. The summed E-state index contributed by atoms with van der Waals surface area (Å²) in [4.78, 5) is 39.0. The Kier molecular flexibility index (Phi) is 7.42. The average molecular weight is 457 g/mol. The van der Waals surface area contributed by atoms with Crippen molar-refractivity contribution >= 4 is 34.9 Å². The molecule has 1 heterocycles. The smallest absolute Gasteiger partial charge is 0.293 e. The predicted octanol–water partition coefficient (Wildman–Crippen LogP) is 3.49. The summed E-state index contributed by atoms with van der Waals surface area (Å²) in [6, 6.07) is 10.7. The van der Waals surface area contributed by atoms with E-state index in [4.69, 9.17) is 14.2 Å². The van der Waals surface area contributed by atoms with Gasteiger partial charge in [-0.2, -0.15) is 0 Å². The van der Waals surface area contributed by atoms with Crippen LogP contribution in [0.1, 0.15) is 21.5 Å². The van der Waals surface area contributed by atoms with E-state index in [1.807, 2.05) is 31.2 Å². The molecule has 1 aliphatic rings. The van der Waals surface area contributed by atoms with Crippen molar-refractivity contribution in [2.75, 3.05) is 34.4 Å². The summed E-state index contributed by atoms with van der Waals surface area (Å²) >= 11 is 0.889. The number of carbonyl (C=O) groups excluding carboxylic acids is 3. The number of hydrogen-bond donors (Lipinski definition) is 1. The number of hydrogen-bond acceptors (Lipinski definition) is 7. The Morgan fingerprint density at radius 1 is 1.03 bits per heavy atom. The fourth-order valence-corrected chi connectivity index (χ4v) is 3.97. The van der Waals surface area contributed by atoms with Gasteiger partial charge in [0.1, 0.15) is 0 Å². The lowest BCUT2D eigenvalue weighted by molar-refractivity contribution is -0.122. The third kappa shape index (κ3) is 5.05. The summed E-state index contributed by atoms with van der Waals surface area (Å²) in [5.41, 5.74) is 2.25. The normalized spacial score (nSPS) is 14.6. The number of nitrogens with zero attached hydrogens (tertiary/aromatic N) is 1. The van der Waals surface area contributed by atoms with E-state index in [0.717, 1.165) is 27.8 Å². The van der Waals surface area contributed by atoms with Crippen LogP contribution in [0, 0.1) is 6.92 Å². The SMILES string of the molecule is COc1cc(C(=O)NCCN2C(=O)SC(=Cc3ccc(C)cc3)C2=O)cc(OC)c1OC. The van der Waals surface area contributed by atoms with Crippen LogP contribution in [0.25, 0.3) is 6.08 Å². The Morgan fingerprint density at radius 3 is 2.22 bits per heavy atom. The summed E-state index contributed by atoms with van der Waals surface area (Å²) in [6.07, 6.45) is 1.69. The minimum absolute atomic E-state index is 0.0616. The van der Waals surface area contributed by atoms with Crippen molar-refractivity contribution in [1.82, 2.24) is 10.2 Å². The molecule has 2 aromatic rings. The van der Waals surface area contributed by atoms with Crippen LogP contribution in [0.15, 0.2) is 41.3 Å². The number of rotatable bonds is 8. The molecule has 3 rings (SSSR count). The third-order valence-electron chi connectivity index (χ3n) is 4.80. The second-order valence-electron chi connectivity index (χ2n) is 6.91. The van der Waals surface area contributed by atoms with E-state index in [9.17, 15) is 14.4 Å². The molecule has 0 atom stereocenters. The second kappa shape index (κ2) is 10.2. The second-order valence-corrected chi connectivity index (χ2v) is 7.91. The van der Waals surface area contributed by atoms with E-state index in [2.05, 4.69) is 5.32 Å². The lowest BCUT2D eigenvalue weighted by Crippen LogP contribution is -2.37. The molecule has 32 heavy (non-hydrogen) atoms. The molecule has 2 aromatic carbocycles. The van der Waals surface area contributed by atoms with Gasteiger partial charge < -0.3 is 19.5 Å². The van der Waals surface area contributed by atoms with Crippen LogP contribution in [0.4, 0.5) is 4.79 Å². The molecule has 1 fully saturated rings. The van der Waals surface area contributed by atoms with Gasteiger partial charge in [-0.25, -0.2) is 0 Å². The Hall–Kier alpha value is -3.46. The van der Waals surface area contributed by atoms with Gasteiger partial charge in [0.05, 0.1) is 26.2 Å².